The average molecular weight is 412 g/mol. The Kier molecular flexibility index (Phi) is 8.58. The molecule has 2 rings (SSSR count). The number of ether oxygens (including phenoxy) is 1. The second kappa shape index (κ2) is 11.4. The molecule has 0 spiro atoms. The highest BCUT2D eigenvalue weighted by Gasteiger charge is 2.24. The number of carbonyl (C=O) groups excluding carboxylic acids is 3. The van der Waals surface area contributed by atoms with E-state index in [0.717, 1.165) is 0 Å². The SMILES string of the molecule is C[C@@H](CC/C=C/C(=O)NO)[C@H](OC(=O)NC(=O)c1ccccc1)c1ccc(O)cc1. The Hall–Kier alpha value is -3.65. The fraction of sp³-hybridized carbons (Fsp3) is 0.227. The van der Waals surface area contributed by atoms with Gasteiger partial charge in [0.25, 0.3) is 11.8 Å². The summed E-state index contributed by atoms with van der Waals surface area (Å²) in [6, 6.07) is 14.5. The molecule has 0 aliphatic rings. The first-order valence-electron chi connectivity index (χ1n) is 9.37. The van der Waals surface area contributed by atoms with Gasteiger partial charge in [-0.15, -0.1) is 0 Å². The Bertz CT molecular complexity index is 880. The van der Waals surface area contributed by atoms with Crippen LogP contribution in [-0.2, 0) is 9.53 Å². The van der Waals surface area contributed by atoms with Crippen LogP contribution in [0.1, 0.15) is 41.8 Å². The van der Waals surface area contributed by atoms with Gasteiger partial charge in [-0.25, -0.2) is 10.3 Å². The first kappa shape index (κ1) is 22.6. The molecule has 0 aliphatic carbocycles. The predicted octanol–water partition coefficient (Wildman–Crippen LogP) is 3.48. The van der Waals surface area contributed by atoms with Gasteiger partial charge in [0.15, 0.2) is 0 Å². The molecule has 0 saturated heterocycles. The zero-order valence-electron chi connectivity index (χ0n) is 16.4. The van der Waals surface area contributed by atoms with Crippen LogP contribution in [0, 0.1) is 5.92 Å². The molecule has 0 bridgehead atoms. The van der Waals surface area contributed by atoms with Crippen LogP contribution in [0.3, 0.4) is 0 Å². The van der Waals surface area contributed by atoms with E-state index < -0.39 is 24.0 Å². The fourth-order valence-electron chi connectivity index (χ4n) is 2.81. The third kappa shape index (κ3) is 7.06. The van der Waals surface area contributed by atoms with E-state index in [9.17, 15) is 19.5 Å². The third-order valence-electron chi connectivity index (χ3n) is 4.39. The van der Waals surface area contributed by atoms with Crippen LogP contribution in [0.5, 0.6) is 5.75 Å². The van der Waals surface area contributed by atoms with Crippen LogP contribution in [0.2, 0.25) is 0 Å². The number of hydroxylamine groups is 1. The molecule has 30 heavy (non-hydrogen) atoms. The van der Waals surface area contributed by atoms with E-state index in [0.29, 0.717) is 24.0 Å². The number of hydrogen-bond donors (Lipinski definition) is 4. The van der Waals surface area contributed by atoms with Crippen molar-refractivity contribution in [3.05, 3.63) is 77.9 Å². The number of carbonyl (C=O) groups is 3. The highest BCUT2D eigenvalue weighted by Crippen LogP contribution is 2.30. The van der Waals surface area contributed by atoms with Gasteiger partial charge in [-0.1, -0.05) is 43.3 Å². The maximum Gasteiger partial charge on any atom is 0.414 e. The van der Waals surface area contributed by atoms with Crippen molar-refractivity contribution in [2.45, 2.75) is 25.9 Å². The van der Waals surface area contributed by atoms with E-state index in [4.69, 9.17) is 9.94 Å². The van der Waals surface area contributed by atoms with Gasteiger partial charge in [-0.3, -0.25) is 20.1 Å². The maximum atomic E-state index is 12.3. The number of allylic oxidation sites excluding steroid dienone is 1. The van der Waals surface area contributed by atoms with Crippen molar-refractivity contribution >= 4 is 17.9 Å². The zero-order valence-corrected chi connectivity index (χ0v) is 16.4. The molecular weight excluding hydrogens is 388 g/mol. The molecule has 158 valence electrons. The van der Waals surface area contributed by atoms with E-state index in [1.807, 2.05) is 6.92 Å². The Labute approximate surface area is 174 Å². The van der Waals surface area contributed by atoms with Gasteiger partial charge in [0.05, 0.1) is 0 Å². The number of phenolic OH excluding ortho intramolecular Hbond substituents is 1. The second-order valence-corrected chi connectivity index (χ2v) is 6.67. The van der Waals surface area contributed by atoms with Gasteiger partial charge in [0.1, 0.15) is 11.9 Å². The minimum absolute atomic E-state index is 0.0757. The molecule has 2 aromatic rings. The van der Waals surface area contributed by atoms with Gasteiger partial charge in [-0.05, 0) is 48.6 Å². The van der Waals surface area contributed by atoms with E-state index in [1.165, 1.54) is 23.7 Å². The summed E-state index contributed by atoms with van der Waals surface area (Å²) in [6.07, 6.45) is 2.28. The first-order chi connectivity index (χ1) is 14.4. The zero-order chi connectivity index (χ0) is 21.9. The maximum absolute atomic E-state index is 12.3. The lowest BCUT2D eigenvalue weighted by molar-refractivity contribution is -0.124. The van der Waals surface area contributed by atoms with Crippen molar-refractivity contribution in [1.29, 1.82) is 0 Å². The van der Waals surface area contributed by atoms with Crippen LogP contribution in [0.25, 0.3) is 0 Å². The summed E-state index contributed by atoms with van der Waals surface area (Å²) in [5.74, 6) is -1.30. The Balaban J connectivity index is 2.06. The summed E-state index contributed by atoms with van der Waals surface area (Å²) in [7, 11) is 0. The average Bonchev–Trinajstić information content (AvgIpc) is 2.76. The molecule has 2 atom stereocenters. The van der Waals surface area contributed by atoms with Gasteiger partial charge >= 0.3 is 6.09 Å². The number of alkyl carbamates (subject to hydrolysis) is 1. The monoisotopic (exact) mass is 412 g/mol. The predicted molar refractivity (Wildman–Crippen MR) is 109 cm³/mol. The summed E-state index contributed by atoms with van der Waals surface area (Å²) in [5.41, 5.74) is 2.49. The molecule has 0 unspecified atom stereocenters. The summed E-state index contributed by atoms with van der Waals surface area (Å²) < 4.78 is 5.53. The largest absolute Gasteiger partial charge is 0.508 e. The molecule has 0 fully saturated rings. The lowest BCUT2D eigenvalue weighted by Gasteiger charge is -2.24. The number of phenols is 1. The minimum atomic E-state index is -0.885. The molecular formula is C22H24N2O6. The van der Waals surface area contributed by atoms with Crippen LogP contribution < -0.4 is 10.8 Å². The molecule has 0 saturated carbocycles. The van der Waals surface area contributed by atoms with E-state index >= 15 is 0 Å². The van der Waals surface area contributed by atoms with Gasteiger partial charge < -0.3 is 9.84 Å². The summed E-state index contributed by atoms with van der Waals surface area (Å²) in [5, 5.41) is 20.2. The molecule has 8 heteroatoms. The molecule has 4 N–H and O–H groups in total. The van der Waals surface area contributed by atoms with Crippen molar-refractivity contribution in [3.8, 4) is 5.75 Å². The van der Waals surface area contributed by atoms with Crippen LogP contribution in [0.15, 0.2) is 66.7 Å². The van der Waals surface area contributed by atoms with Crippen LogP contribution in [-0.4, -0.2) is 28.2 Å². The van der Waals surface area contributed by atoms with Crippen molar-refractivity contribution in [2.75, 3.05) is 0 Å². The Morgan fingerprint density at radius 3 is 2.37 bits per heavy atom. The Morgan fingerprint density at radius 2 is 1.73 bits per heavy atom. The van der Waals surface area contributed by atoms with Gasteiger partial charge in [-0.2, -0.15) is 0 Å². The standard InChI is InChI=1S/C22H24N2O6/c1-15(7-5-6-10-19(26)24-29)20(16-11-13-18(25)14-12-16)30-22(28)23-21(27)17-8-3-2-4-9-17/h2-4,6,8-15,20,25,29H,5,7H2,1H3,(H,24,26)(H,23,27,28)/b10-6+/t15-,20-/m0/s1. The van der Waals surface area contributed by atoms with Gasteiger partial charge in [0, 0.05) is 11.6 Å². The topological polar surface area (TPSA) is 125 Å². The molecule has 3 amide bonds. The van der Waals surface area contributed by atoms with E-state index in [1.54, 1.807) is 48.5 Å². The number of nitrogens with one attached hydrogen (secondary N) is 2. The summed E-state index contributed by atoms with van der Waals surface area (Å²) in [6.45, 7) is 1.86. The number of amides is 3. The number of benzene rings is 2. The smallest absolute Gasteiger partial charge is 0.414 e. The normalized spacial score (nSPS) is 12.7. The second-order valence-electron chi connectivity index (χ2n) is 6.67. The highest BCUT2D eigenvalue weighted by molar-refractivity contribution is 6.02. The lowest BCUT2D eigenvalue weighted by Crippen LogP contribution is -2.33. The number of imide groups is 1. The van der Waals surface area contributed by atoms with Gasteiger partial charge in [0.2, 0.25) is 0 Å². The molecule has 2 aromatic carbocycles. The molecule has 0 radical (unpaired) electrons. The number of rotatable bonds is 8. The minimum Gasteiger partial charge on any atom is -0.508 e. The molecule has 0 heterocycles. The van der Waals surface area contributed by atoms with Crippen LogP contribution in [0.4, 0.5) is 4.79 Å². The van der Waals surface area contributed by atoms with Crippen molar-refractivity contribution < 1.29 is 29.4 Å². The fourth-order valence-corrected chi connectivity index (χ4v) is 2.81. The summed E-state index contributed by atoms with van der Waals surface area (Å²) in [4.78, 5) is 35.5. The number of hydrogen-bond acceptors (Lipinski definition) is 6. The molecule has 8 nitrogen and oxygen atoms in total. The lowest BCUT2D eigenvalue weighted by atomic mass is 9.93. The Morgan fingerprint density at radius 1 is 1.07 bits per heavy atom. The third-order valence-corrected chi connectivity index (χ3v) is 4.39. The highest BCUT2D eigenvalue weighted by atomic mass is 16.6. The van der Waals surface area contributed by atoms with Crippen molar-refractivity contribution in [1.82, 2.24) is 10.8 Å². The molecule has 0 aliphatic heterocycles. The van der Waals surface area contributed by atoms with Crippen molar-refractivity contribution in [2.24, 2.45) is 5.92 Å². The quantitative estimate of drug-likeness (QED) is 0.299. The summed E-state index contributed by atoms with van der Waals surface area (Å²) >= 11 is 0. The first-order valence-corrected chi connectivity index (χ1v) is 9.37. The molecule has 0 aromatic heterocycles. The van der Waals surface area contributed by atoms with Crippen molar-refractivity contribution in [3.63, 3.8) is 0 Å². The van der Waals surface area contributed by atoms with E-state index in [2.05, 4.69) is 5.32 Å². The van der Waals surface area contributed by atoms with Crippen LogP contribution >= 0.6 is 0 Å². The van der Waals surface area contributed by atoms with E-state index in [-0.39, 0.29) is 11.7 Å². The number of aromatic hydroxyl groups is 1.